The third-order valence-electron chi connectivity index (χ3n) is 5.57. The van der Waals surface area contributed by atoms with Crippen LogP contribution in [0.5, 0.6) is 0 Å². The van der Waals surface area contributed by atoms with E-state index in [1.165, 1.54) is 0 Å². The Bertz CT molecular complexity index is 848. The summed E-state index contributed by atoms with van der Waals surface area (Å²) in [6, 6.07) is 9.58. The Morgan fingerprint density at radius 3 is 2.76 bits per heavy atom. The van der Waals surface area contributed by atoms with Crippen molar-refractivity contribution in [1.29, 1.82) is 0 Å². The number of hydrogen-bond donors (Lipinski definition) is 1. The average Bonchev–Trinajstić information content (AvgIpc) is 3.36. The smallest absolute Gasteiger partial charge is 0.250 e. The molecule has 5 heteroatoms. The van der Waals surface area contributed by atoms with Crippen LogP contribution in [0.4, 0.5) is 0 Å². The quantitative estimate of drug-likeness (QED) is 0.935. The van der Waals surface area contributed by atoms with Crippen LogP contribution in [-0.4, -0.2) is 34.8 Å². The number of amides is 2. The van der Waals surface area contributed by atoms with Crippen molar-refractivity contribution < 1.29 is 9.59 Å². The van der Waals surface area contributed by atoms with Crippen LogP contribution in [-0.2, 0) is 4.79 Å². The van der Waals surface area contributed by atoms with Crippen molar-refractivity contribution >= 4 is 22.7 Å². The van der Waals surface area contributed by atoms with E-state index < -0.39 is 5.91 Å². The summed E-state index contributed by atoms with van der Waals surface area (Å²) in [5.74, 6) is 0.580. The SMILES string of the molecule is C[C@@H]1C[C@@H]1C(=O)N1CCC[C@@H](c2nc3ccccc3cc2C(N)=O)C1. The molecule has 2 N–H and O–H groups in total. The number of pyridine rings is 1. The molecule has 0 bridgehead atoms. The molecule has 2 aliphatic rings. The van der Waals surface area contributed by atoms with Gasteiger partial charge in [-0.1, -0.05) is 25.1 Å². The van der Waals surface area contributed by atoms with Crippen LogP contribution in [0.3, 0.4) is 0 Å². The van der Waals surface area contributed by atoms with Crippen LogP contribution in [0.2, 0.25) is 0 Å². The highest BCUT2D eigenvalue weighted by molar-refractivity contribution is 5.97. The zero-order valence-corrected chi connectivity index (χ0v) is 14.4. The van der Waals surface area contributed by atoms with Crippen LogP contribution in [0, 0.1) is 11.8 Å². The second-order valence-electron chi connectivity index (χ2n) is 7.42. The molecular weight excluding hydrogens is 314 g/mol. The van der Waals surface area contributed by atoms with Gasteiger partial charge in [0.25, 0.3) is 5.91 Å². The standard InChI is InChI=1S/C20H23N3O2/c1-12-9-15(12)20(25)23-8-4-6-14(11-23)18-16(19(21)24)10-13-5-2-3-7-17(13)22-18/h2-3,5,7,10,12,14-15H,4,6,8-9,11H2,1H3,(H2,21,24)/t12-,14-,15+/m1/s1. The summed E-state index contributed by atoms with van der Waals surface area (Å²) in [5.41, 5.74) is 7.71. The molecule has 3 atom stereocenters. The minimum Gasteiger partial charge on any atom is -0.366 e. The third-order valence-corrected chi connectivity index (χ3v) is 5.57. The summed E-state index contributed by atoms with van der Waals surface area (Å²) in [6.45, 7) is 3.56. The maximum atomic E-state index is 12.6. The van der Waals surface area contributed by atoms with E-state index in [0.29, 0.717) is 18.0 Å². The lowest BCUT2D eigenvalue weighted by atomic mass is 9.90. The Morgan fingerprint density at radius 2 is 2.04 bits per heavy atom. The average molecular weight is 337 g/mol. The first-order valence-electron chi connectivity index (χ1n) is 9.03. The van der Waals surface area contributed by atoms with Gasteiger partial charge in [0.05, 0.1) is 16.8 Å². The summed E-state index contributed by atoms with van der Waals surface area (Å²) in [4.78, 5) is 31.3. The third kappa shape index (κ3) is 2.99. The van der Waals surface area contributed by atoms with Gasteiger partial charge < -0.3 is 10.6 Å². The zero-order valence-electron chi connectivity index (χ0n) is 14.4. The fourth-order valence-corrected chi connectivity index (χ4v) is 3.94. The highest BCUT2D eigenvalue weighted by Crippen LogP contribution is 2.40. The van der Waals surface area contributed by atoms with Gasteiger partial charge in [-0.3, -0.25) is 14.6 Å². The van der Waals surface area contributed by atoms with Crippen LogP contribution in [0.1, 0.15) is 48.2 Å². The van der Waals surface area contributed by atoms with Gasteiger partial charge in [-0.05, 0) is 37.3 Å². The van der Waals surface area contributed by atoms with Crippen molar-refractivity contribution in [3.8, 4) is 0 Å². The Hall–Kier alpha value is -2.43. The molecule has 2 amide bonds. The van der Waals surface area contributed by atoms with Gasteiger partial charge in [0.2, 0.25) is 5.91 Å². The molecular formula is C20H23N3O2. The second kappa shape index (κ2) is 6.14. The van der Waals surface area contributed by atoms with Crippen LogP contribution < -0.4 is 5.73 Å². The molecule has 1 saturated heterocycles. The van der Waals surface area contributed by atoms with Crippen molar-refractivity contribution in [2.45, 2.75) is 32.1 Å². The molecule has 0 radical (unpaired) electrons. The summed E-state index contributed by atoms with van der Waals surface area (Å²) < 4.78 is 0. The van der Waals surface area contributed by atoms with Gasteiger partial charge >= 0.3 is 0 Å². The lowest BCUT2D eigenvalue weighted by Gasteiger charge is -2.33. The minimum atomic E-state index is -0.451. The fourth-order valence-electron chi connectivity index (χ4n) is 3.94. The molecule has 4 rings (SSSR count). The lowest BCUT2D eigenvalue weighted by Crippen LogP contribution is -2.40. The van der Waals surface area contributed by atoms with Crippen molar-refractivity contribution in [2.75, 3.05) is 13.1 Å². The van der Waals surface area contributed by atoms with E-state index in [1.54, 1.807) is 0 Å². The molecule has 1 aliphatic heterocycles. The summed E-state index contributed by atoms with van der Waals surface area (Å²) in [7, 11) is 0. The molecule has 2 aromatic rings. The number of para-hydroxylation sites is 1. The van der Waals surface area contributed by atoms with E-state index in [-0.39, 0.29) is 17.7 Å². The molecule has 2 fully saturated rings. The zero-order chi connectivity index (χ0) is 17.6. The number of aromatic nitrogens is 1. The molecule has 5 nitrogen and oxygen atoms in total. The number of piperidine rings is 1. The first kappa shape index (κ1) is 16.1. The highest BCUT2D eigenvalue weighted by Gasteiger charge is 2.42. The van der Waals surface area contributed by atoms with E-state index in [4.69, 9.17) is 10.7 Å². The molecule has 130 valence electrons. The summed E-state index contributed by atoms with van der Waals surface area (Å²) in [6.07, 6.45) is 2.86. The van der Waals surface area contributed by atoms with Gasteiger partial charge in [0.1, 0.15) is 0 Å². The molecule has 0 unspecified atom stereocenters. The first-order chi connectivity index (χ1) is 12.0. The summed E-state index contributed by atoms with van der Waals surface area (Å²) >= 11 is 0. The number of carbonyl (C=O) groups excluding carboxylic acids is 2. The van der Waals surface area contributed by atoms with Gasteiger partial charge in [0.15, 0.2) is 0 Å². The van der Waals surface area contributed by atoms with Crippen molar-refractivity contribution in [3.63, 3.8) is 0 Å². The highest BCUT2D eigenvalue weighted by atomic mass is 16.2. The topological polar surface area (TPSA) is 76.3 Å². The normalized spacial score (nSPS) is 25.8. The van der Waals surface area contributed by atoms with E-state index in [0.717, 1.165) is 42.4 Å². The van der Waals surface area contributed by atoms with Gasteiger partial charge in [-0.2, -0.15) is 0 Å². The van der Waals surface area contributed by atoms with E-state index >= 15 is 0 Å². The number of fused-ring (bicyclic) bond motifs is 1. The monoisotopic (exact) mass is 337 g/mol. The van der Waals surface area contributed by atoms with Gasteiger partial charge in [-0.25, -0.2) is 0 Å². The molecule has 25 heavy (non-hydrogen) atoms. The Morgan fingerprint density at radius 1 is 1.28 bits per heavy atom. The predicted octanol–water partition coefficient (Wildman–Crippen LogP) is 2.70. The second-order valence-corrected chi connectivity index (χ2v) is 7.42. The fraction of sp³-hybridized carbons (Fsp3) is 0.450. The Kier molecular flexibility index (Phi) is 3.94. The van der Waals surface area contributed by atoms with E-state index in [9.17, 15) is 9.59 Å². The van der Waals surface area contributed by atoms with Crippen LogP contribution in [0.25, 0.3) is 10.9 Å². The van der Waals surface area contributed by atoms with E-state index in [1.807, 2.05) is 35.2 Å². The molecule has 0 spiro atoms. The van der Waals surface area contributed by atoms with Crippen molar-refractivity contribution in [2.24, 2.45) is 17.6 Å². The van der Waals surface area contributed by atoms with Crippen molar-refractivity contribution in [1.82, 2.24) is 9.88 Å². The molecule has 1 aromatic carbocycles. The van der Waals surface area contributed by atoms with E-state index in [2.05, 4.69) is 6.92 Å². The number of nitrogens with two attached hydrogens (primary N) is 1. The number of carbonyl (C=O) groups is 2. The Balaban J connectivity index is 1.66. The van der Waals surface area contributed by atoms with Gasteiger partial charge in [0, 0.05) is 30.3 Å². The largest absolute Gasteiger partial charge is 0.366 e. The molecule has 1 aliphatic carbocycles. The van der Waals surface area contributed by atoms with Crippen LogP contribution >= 0.6 is 0 Å². The predicted molar refractivity (Wildman–Crippen MR) is 96.1 cm³/mol. The number of likely N-dealkylation sites (tertiary alicyclic amines) is 1. The Labute approximate surface area is 147 Å². The van der Waals surface area contributed by atoms with Crippen molar-refractivity contribution in [3.05, 3.63) is 41.6 Å². The number of hydrogen-bond acceptors (Lipinski definition) is 3. The lowest BCUT2D eigenvalue weighted by molar-refractivity contribution is -0.134. The molecule has 1 saturated carbocycles. The first-order valence-corrected chi connectivity index (χ1v) is 9.03. The molecule has 1 aromatic heterocycles. The number of primary amides is 1. The number of rotatable bonds is 3. The maximum Gasteiger partial charge on any atom is 0.250 e. The van der Waals surface area contributed by atoms with Crippen LogP contribution in [0.15, 0.2) is 30.3 Å². The number of benzene rings is 1. The molecule has 2 heterocycles. The minimum absolute atomic E-state index is 0.0684. The number of nitrogens with zero attached hydrogens (tertiary/aromatic N) is 2. The maximum absolute atomic E-state index is 12.6. The summed E-state index contributed by atoms with van der Waals surface area (Å²) in [5, 5.41) is 0.913. The van der Waals surface area contributed by atoms with Gasteiger partial charge in [-0.15, -0.1) is 0 Å².